The van der Waals surface area contributed by atoms with Crippen LogP contribution < -0.4 is 4.65 Å². The number of phenolic OH excluding ortho intramolecular Hbond substituents is 1. The van der Waals surface area contributed by atoms with Crippen LogP contribution >= 0.6 is 11.6 Å². The van der Waals surface area contributed by atoms with Crippen molar-refractivity contribution in [3.8, 4) is 5.75 Å². The minimum Gasteiger partial charge on any atom is -0.627 e. The van der Waals surface area contributed by atoms with E-state index in [-0.39, 0.29) is 21.5 Å². The highest BCUT2D eigenvalue weighted by Crippen LogP contribution is 2.40. The summed E-state index contributed by atoms with van der Waals surface area (Å²) in [6.45, 7) is 2.47. The maximum absolute atomic E-state index is 11.8. The molecule has 0 bridgehead atoms. The van der Waals surface area contributed by atoms with Gasteiger partial charge in [0.25, 0.3) is 0 Å². The van der Waals surface area contributed by atoms with Gasteiger partial charge in [0.05, 0.1) is 5.02 Å². The summed E-state index contributed by atoms with van der Waals surface area (Å²) in [5.74, 6) is -0.0217. The highest BCUT2D eigenvalue weighted by atomic mass is 35.5. The zero-order valence-corrected chi connectivity index (χ0v) is 7.95. The topological polar surface area (TPSA) is 43.3 Å². The summed E-state index contributed by atoms with van der Waals surface area (Å²) < 4.78 is -0.343. The first-order valence-electron chi connectivity index (χ1n) is 4.12. The number of hydrogen-bond acceptors (Lipinski definition) is 2. The maximum Gasteiger partial charge on any atom is 0.141 e. The number of benzene rings is 1. The van der Waals surface area contributed by atoms with Crippen molar-refractivity contribution in [2.24, 2.45) is 0 Å². The lowest BCUT2D eigenvalue weighted by Gasteiger charge is -2.22. The van der Waals surface area contributed by atoms with Gasteiger partial charge in [-0.15, -0.1) is 0 Å². The molecule has 0 spiro atoms. The van der Waals surface area contributed by atoms with Crippen LogP contribution in [0, 0.1) is 5.21 Å². The fraction of sp³-hybridized carbons (Fsp3) is 0.333. The summed E-state index contributed by atoms with van der Waals surface area (Å²) in [6.07, 6.45) is 0. The van der Waals surface area contributed by atoms with Crippen molar-refractivity contribution in [3.63, 3.8) is 0 Å². The van der Waals surface area contributed by atoms with E-state index in [1.807, 2.05) is 6.92 Å². The van der Waals surface area contributed by atoms with Gasteiger partial charge in [0, 0.05) is 12.1 Å². The van der Waals surface area contributed by atoms with Crippen LogP contribution in [0.2, 0.25) is 5.02 Å². The molecule has 0 aliphatic carbocycles. The van der Waals surface area contributed by atoms with Gasteiger partial charge in [-0.2, -0.15) is 0 Å². The first-order valence-corrected chi connectivity index (χ1v) is 4.49. The van der Waals surface area contributed by atoms with Crippen molar-refractivity contribution in [2.75, 3.05) is 6.54 Å². The predicted molar refractivity (Wildman–Crippen MR) is 52.6 cm³/mol. The van der Waals surface area contributed by atoms with Gasteiger partial charge in [-0.1, -0.05) is 11.6 Å². The van der Waals surface area contributed by atoms with Gasteiger partial charge in [0.15, 0.2) is 0 Å². The van der Waals surface area contributed by atoms with E-state index in [9.17, 15) is 10.3 Å². The van der Waals surface area contributed by atoms with Gasteiger partial charge in [0.1, 0.15) is 24.0 Å². The van der Waals surface area contributed by atoms with Crippen LogP contribution in [0.5, 0.6) is 5.75 Å². The van der Waals surface area contributed by atoms with Gasteiger partial charge in [-0.25, -0.2) is 0 Å². The van der Waals surface area contributed by atoms with E-state index in [1.165, 1.54) is 6.07 Å². The fourth-order valence-corrected chi connectivity index (χ4v) is 1.56. The van der Waals surface area contributed by atoms with Crippen molar-refractivity contribution in [3.05, 3.63) is 28.4 Å². The molecule has 1 aromatic rings. The number of nitrogens with zero attached hydrogens (tertiary/aromatic N) is 1. The average molecular weight is 200 g/mol. The molecule has 1 heterocycles. The lowest BCUT2D eigenvalue weighted by molar-refractivity contribution is 0.474. The van der Waals surface area contributed by atoms with Crippen LogP contribution in [0.1, 0.15) is 6.92 Å². The van der Waals surface area contributed by atoms with Gasteiger partial charge in [0.2, 0.25) is 0 Å². The Morgan fingerprint density at radius 2 is 2.23 bits per heavy atom. The molecule has 1 aromatic carbocycles. The predicted octanol–water partition coefficient (Wildman–Crippen LogP) is 2.25. The van der Waals surface area contributed by atoms with Gasteiger partial charge >= 0.3 is 0 Å². The normalized spacial score (nSPS) is 31.8. The molecule has 1 aliphatic rings. The Morgan fingerprint density at radius 3 is 2.69 bits per heavy atom. The number of aromatic hydroxyl groups is 1. The lowest BCUT2D eigenvalue weighted by atomic mass is 10.3. The third-order valence-corrected chi connectivity index (χ3v) is 2.80. The Kier molecular flexibility index (Phi) is 1.77. The monoisotopic (exact) mass is 199 g/mol. The smallest absolute Gasteiger partial charge is 0.141 e. The zero-order chi connectivity index (χ0) is 9.64. The van der Waals surface area contributed by atoms with Crippen LogP contribution in [0.25, 0.3) is 0 Å². The van der Waals surface area contributed by atoms with Crippen molar-refractivity contribution in [2.45, 2.75) is 13.0 Å². The fourth-order valence-electron chi connectivity index (χ4n) is 1.44. The van der Waals surface area contributed by atoms with E-state index >= 15 is 0 Å². The molecule has 1 aliphatic heterocycles. The average Bonchev–Trinajstić information content (AvgIpc) is 2.67. The molecule has 1 N–H and O–H groups in total. The van der Waals surface area contributed by atoms with E-state index < -0.39 is 0 Å². The summed E-state index contributed by atoms with van der Waals surface area (Å²) >= 11 is 5.63. The second-order valence-corrected chi connectivity index (χ2v) is 3.87. The molecule has 0 radical (unpaired) electrons. The number of phenols is 1. The van der Waals surface area contributed by atoms with E-state index in [0.29, 0.717) is 12.2 Å². The quantitative estimate of drug-likeness (QED) is 0.428. The minimum atomic E-state index is -0.343. The third kappa shape index (κ3) is 1.29. The van der Waals surface area contributed by atoms with Crippen LogP contribution in [-0.4, -0.2) is 17.7 Å². The molecule has 70 valence electrons. The van der Waals surface area contributed by atoms with E-state index in [2.05, 4.69) is 0 Å². The second-order valence-electron chi connectivity index (χ2n) is 3.46. The number of quaternary nitrogens is 1. The molecule has 2 atom stereocenters. The first kappa shape index (κ1) is 8.81. The molecule has 0 saturated carbocycles. The SMILES string of the molecule is C[C@H]1C[N+]1([O-])c1ccc(Cl)c(O)c1. The van der Waals surface area contributed by atoms with Crippen LogP contribution in [0.4, 0.5) is 5.69 Å². The summed E-state index contributed by atoms with van der Waals surface area (Å²) in [4.78, 5) is 0. The molecule has 0 aromatic heterocycles. The van der Waals surface area contributed by atoms with Gasteiger partial charge in [-0.05, 0) is 13.0 Å². The highest BCUT2D eigenvalue weighted by molar-refractivity contribution is 6.32. The van der Waals surface area contributed by atoms with Crippen LogP contribution in [0.3, 0.4) is 0 Å². The van der Waals surface area contributed by atoms with Crippen molar-refractivity contribution >= 4 is 17.3 Å². The van der Waals surface area contributed by atoms with E-state index in [1.54, 1.807) is 12.1 Å². The Hall–Kier alpha value is -0.770. The Bertz CT molecular complexity index is 355. The molecule has 13 heavy (non-hydrogen) atoms. The largest absolute Gasteiger partial charge is 0.627 e. The number of hydroxylamine groups is 2. The molecule has 2 rings (SSSR count). The number of halogens is 1. The van der Waals surface area contributed by atoms with Crippen molar-refractivity contribution in [1.82, 2.24) is 4.65 Å². The number of hydrogen-bond donors (Lipinski definition) is 1. The second kappa shape index (κ2) is 2.61. The van der Waals surface area contributed by atoms with E-state index in [0.717, 1.165) is 0 Å². The Morgan fingerprint density at radius 1 is 1.62 bits per heavy atom. The molecule has 0 amide bonds. The molecule has 1 unspecified atom stereocenters. The first-order chi connectivity index (χ1) is 6.04. The third-order valence-electron chi connectivity index (χ3n) is 2.48. The lowest BCUT2D eigenvalue weighted by Crippen LogP contribution is -2.18. The Labute approximate surface area is 81.3 Å². The number of rotatable bonds is 1. The minimum absolute atomic E-state index is 0.0217. The van der Waals surface area contributed by atoms with Crippen LogP contribution in [0.15, 0.2) is 18.2 Å². The molecular weight excluding hydrogens is 190 g/mol. The highest BCUT2D eigenvalue weighted by Gasteiger charge is 2.45. The molecule has 4 heteroatoms. The van der Waals surface area contributed by atoms with Gasteiger partial charge < -0.3 is 15.0 Å². The summed E-state index contributed by atoms with van der Waals surface area (Å²) in [7, 11) is 0. The standard InChI is InChI=1S/C9H10ClNO2/c1-6-5-11(6,13)7-2-3-8(10)9(12)4-7/h2-4,6,12H,5H2,1H3/t6-,11?/m0/s1. The van der Waals surface area contributed by atoms with E-state index in [4.69, 9.17) is 11.6 Å². The van der Waals surface area contributed by atoms with Crippen molar-refractivity contribution in [1.29, 1.82) is 0 Å². The summed E-state index contributed by atoms with van der Waals surface area (Å²) in [5, 5.41) is 21.4. The summed E-state index contributed by atoms with van der Waals surface area (Å²) in [6, 6.07) is 4.76. The zero-order valence-electron chi connectivity index (χ0n) is 7.20. The molecule has 1 saturated heterocycles. The molecule has 1 fully saturated rings. The van der Waals surface area contributed by atoms with Gasteiger partial charge in [-0.3, -0.25) is 0 Å². The Balaban J connectivity index is 2.38. The molecule has 3 nitrogen and oxygen atoms in total. The summed E-state index contributed by atoms with van der Waals surface area (Å²) in [5.41, 5.74) is 0.578. The maximum atomic E-state index is 11.8. The van der Waals surface area contributed by atoms with Crippen molar-refractivity contribution < 1.29 is 5.11 Å². The van der Waals surface area contributed by atoms with Crippen LogP contribution in [-0.2, 0) is 0 Å². The molecular formula is C9H10ClNO2.